The molecule has 0 spiro atoms. The Morgan fingerprint density at radius 3 is 2.27 bits per heavy atom. The van der Waals surface area contributed by atoms with E-state index < -0.39 is 0 Å². The van der Waals surface area contributed by atoms with Crippen molar-refractivity contribution in [1.82, 2.24) is 0 Å². The van der Waals surface area contributed by atoms with Crippen LogP contribution in [0.2, 0.25) is 0 Å². The maximum Gasteiger partial charge on any atom is 0.188 e. The molecule has 0 saturated carbocycles. The quantitative estimate of drug-likeness (QED) is 0.554. The van der Waals surface area contributed by atoms with E-state index in [0.29, 0.717) is 17.1 Å². The smallest absolute Gasteiger partial charge is 0.188 e. The molecule has 0 amide bonds. The lowest BCUT2D eigenvalue weighted by Crippen LogP contribution is -2.04. The van der Waals surface area contributed by atoms with Crippen molar-refractivity contribution < 1.29 is 19.0 Å². The van der Waals surface area contributed by atoms with Crippen molar-refractivity contribution in [1.29, 1.82) is 0 Å². The molecule has 0 unspecified atom stereocenters. The molecule has 0 saturated heterocycles. The number of rotatable bonds is 8. The fourth-order valence-electron chi connectivity index (χ4n) is 2.26. The Hall–Kier alpha value is -2.33. The van der Waals surface area contributed by atoms with Gasteiger partial charge in [0.05, 0.1) is 12.7 Å². The van der Waals surface area contributed by atoms with E-state index in [2.05, 4.69) is 12.1 Å². The fourth-order valence-corrected chi connectivity index (χ4v) is 2.26. The van der Waals surface area contributed by atoms with Crippen molar-refractivity contribution in [2.24, 2.45) is 0 Å². The molecule has 0 aliphatic rings. The van der Waals surface area contributed by atoms with Crippen LogP contribution in [-0.2, 0) is 17.6 Å². The van der Waals surface area contributed by atoms with Crippen molar-refractivity contribution in [3.8, 4) is 11.5 Å². The van der Waals surface area contributed by atoms with E-state index in [-0.39, 0.29) is 6.79 Å². The number of carbonyl (C=O) groups is 1. The first-order chi connectivity index (χ1) is 10.8. The minimum absolute atomic E-state index is 0.0894. The van der Waals surface area contributed by atoms with Crippen molar-refractivity contribution in [2.45, 2.75) is 12.8 Å². The Morgan fingerprint density at radius 2 is 1.64 bits per heavy atom. The van der Waals surface area contributed by atoms with Crippen LogP contribution >= 0.6 is 0 Å². The molecule has 0 aliphatic heterocycles. The fraction of sp³-hybridized carbons (Fsp3) is 0.278. The topological polar surface area (TPSA) is 44.8 Å². The molecule has 2 rings (SSSR count). The van der Waals surface area contributed by atoms with Gasteiger partial charge in [-0.05, 0) is 36.1 Å². The van der Waals surface area contributed by atoms with Crippen LogP contribution in [0.15, 0.2) is 42.5 Å². The summed E-state index contributed by atoms with van der Waals surface area (Å²) in [4.78, 5) is 11.3. The van der Waals surface area contributed by atoms with Gasteiger partial charge in [0.1, 0.15) is 11.5 Å². The average molecular weight is 300 g/mol. The highest BCUT2D eigenvalue weighted by molar-refractivity contribution is 5.84. The molecule has 2 aromatic rings. The van der Waals surface area contributed by atoms with Gasteiger partial charge in [-0.25, -0.2) is 0 Å². The van der Waals surface area contributed by atoms with Gasteiger partial charge >= 0.3 is 0 Å². The molecule has 4 heteroatoms. The number of hydrogen-bond donors (Lipinski definition) is 0. The highest BCUT2D eigenvalue weighted by Crippen LogP contribution is 2.29. The zero-order chi connectivity index (χ0) is 15.8. The summed E-state index contributed by atoms with van der Waals surface area (Å²) < 4.78 is 15.7. The van der Waals surface area contributed by atoms with E-state index in [1.54, 1.807) is 7.11 Å². The number of carbonyl (C=O) groups excluding carboxylic acids is 1. The number of methoxy groups -OCH3 is 2. The third-order valence-corrected chi connectivity index (χ3v) is 3.38. The molecule has 0 fully saturated rings. The van der Waals surface area contributed by atoms with Gasteiger partial charge in [-0.2, -0.15) is 0 Å². The van der Waals surface area contributed by atoms with Crippen molar-refractivity contribution in [3.63, 3.8) is 0 Å². The molecular weight excluding hydrogens is 280 g/mol. The Balaban J connectivity index is 2.21. The van der Waals surface area contributed by atoms with E-state index in [1.165, 1.54) is 12.7 Å². The Kier molecular flexibility index (Phi) is 5.98. The van der Waals surface area contributed by atoms with Crippen LogP contribution in [0.3, 0.4) is 0 Å². The average Bonchev–Trinajstić information content (AvgIpc) is 2.58. The van der Waals surface area contributed by atoms with Crippen molar-refractivity contribution >= 4 is 6.29 Å². The number of benzene rings is 2. The highest BCUT2D eigenvalue weighted by atomic mass is 16.7. The zero-order valence-corrected chi connectivity index (χ0v) is 12.9. The summed E-state index contributed by atoms with van der Waals surface area (Å²) in [7, 11) is 3.08. The van der Waals surface area contributed by atoms with Crippen LogP contribution in [-0.4, -0.2) is 27.3 Å². The normalized spacial score (nSPS) is 10.3. The Labute approximate surface area is 130 Å². The van der Waals surface area contributed by atoms with E-state index >= 15 is 0 Å². The highest BCUT2D eigenvalue weighted by Gasteiger charge is 2.12. The molecule has 0 aliphatic carbocycles. The van der Waals surface area contributed by atoms with E-state index in [4.69, 9.17) is 14.2 Å². The lowest BCUT2D eigenvalue weighted by molar-refractivity contribution is 0.0503. The maximum atomic E-state index is 11.3. The zero-order valence-electron chi connectivity index (χ0n) is 12.9. The molecule has 116 valence electrons. The van der Waals surface area contributed by atoms with Crippen LogP contribution in [0, 0.1) is 0 Å². The molecule has 0 heterocycles. The maximum absolute atomic E-state index is 11.3. The lowest BCUT2D eigenvalue weighted by atomic mass is 10.0. The second-order valence-electron chi connectivity index (χ2n) is 4.86. The molecule has 0 bridgehead atoms. The van der Waals surface area contributed by atoms with Gasteiger partial charge < -0.3 is 14.2 Å². The number of ether oxygens (including phenoxy) is 3. The molecule has 0 radical (unpaired) electrons. The third kappa shape index (κ3) is 4.09. The molecular formula is C18H20O4. The molecule has 0 aromatic heterocycles. The van der Waals surface area contributed by atoms with Gasteiger partial charge in [-0.15, -0.1) is 0 Å². The Bertz CT molecular complexity index is 608. The number of aryl methyl sites for hydroxylation is 2. The minimum atomic E-state index is 0.0894. The first-order valence-electron chi connectivity index (χ1n) is 7.10. The van der Waals surface area contributed by atoms with E-state index in [1.807, 2.05) is 30.3 Å². The minimum Gasteiger partial charge on any atom is -0.496 e. The summed E-state index contributed by atoms with van der Waals surface area (Å²) in [6.07, 6.45) is 2.49. The predicted molar refractivity (Wildman–Crippen MR) is 84.7 cm³/mol. The standard InChI is InChI=1S/C18H20O4/c1-20-13-22-18-11-15(10-17(21-2)16(18)12-19)9-8-14-6-4-3-5-7-14/h3-7,10-12H,8-9,13H2,1-2H3. The van der Waals surface area contributed by atoms with Gasteiger partial charge in [0.25, 0.3) is 0 Å². The van der Waals surface area contributed by atoms with Crippen molar-refractivity contribution in [3.05, 3.63) is 59.2 Å². The number of hydrogen-bond acceptors (Lipinski definition) is 4. The summed E-state index contributed by atoms with van der Waals surface area (Å²) in [6, 6.07) is 14.0. The molecule has 0 atom stereocenters. The second-order valence-corrected chi connectivity index (χ2v) is 4.86. The SMILES string of the molecule is COCOc1cc(CCc2ccccc2)cc(OC)c1C=O. The van der Waals surface area contributed by atoms with Crippen molar-refractivity contribution in [2.75, 3.05) is 21.0 Å². The first kappa shape index (κ1) is 16.0. The summed E-state index contributed by atoms with van der Waals surface area (Å²) in [5.74, 6) is 1.01. The van der Waals surface area contributed by atoms with Crippen LogP contribution in [0.4, 0.5) is 0 Å². The monoisotopic (exact) mass is 300 g/mol. The molecule has 4 nitrogen and oxygen atoms in total. The summed E-state index contributed by atoms with van der Waals surface area (Å²) in [5, 5.41) is 0. The number of aldehydes is 1. The summed E-state index contributed by atoms with van der Waals surface area (Å²) in [6.45, 7) is 0.0894. The van der Waals surface area contributed by atoms with Crippen LogP contribution in [0.5, 0.6) is 11.5 Å². The van der Waals surface area contributed by atoms with Crippen LogP contribution < -0.4 is 9.47 Å². The Morgan fingerprint density at radius 1 is 0.955 bits per heavy atom. The van der Waals surface area contributed by atoms with Crippen LogP contribution in [0.25, 0.3) is 0 Å². The van der Waals surface area contributed by atoms with Gasteiger partial charge in [0.15, 0.2) is 13.1 Å². The second kappa shape index (κ2) is 8.20. The van der Waals surface area contributed by atoms with Gasteiger partial charge in [-0.3, -0.25) is 4.79 Å². The largest absolute Gasteiger partial charge is 0.496 e. The molecule has 2 aromatic carbocycles. The third-order valence-electron chi connectivity index (χ3n) is 3.38. The summed E-state index contributed by atoms with van der Waals surface area (Å²) >= 11 is 0. The van der Waals surface area contributed by atoms with E-state index in [0.717, 1.165) is 24.7 Å². The van der Waals surface area contributed by atoms with E-state index in [9.17, 15) is 4.79 Å². The predicted octanol–water partition coefficient (Wildman–Crippen LogP) is 3.28. The lowest BCUT2D eigenvalue weighted by Gasteiger charge is -2.13. The van der Waals surface area contributed by atoms with Gasteiger partial charge in [0, 0.05) is 7.11 Å². The molecule has 22 heavy (non-hydrogen) atoms. The first-order valence-corrected chi connectivity index (χ1v) is 7.10. The van der Waals surface area contributed by atoms with Gasteiger partial charge in [-0.1, -0.05) is 30.3 Å². The van der Waals surface area contributed by atoms with Gasteiger partial charge in [0.2, 0.25) is 0 Å². The summed E-state index contributed by atoms with van der Waals surface area (Å²) in [5.41, 5.74) is 2.72. The van der Waals surface area contributed by atoms with Crippen LogP contribution in [0.1, 0.15) is 21.5 Å². The molecule has 0 N–H and O–H groups in total.